The van der Waals surface area contributed by atoms with E-state index in [4.69, 9.17) is 9.78 Å². The fourth-order valence-electron chi connectivity index (χ4n) is 2.03. The van der Waals surface area contributed by atoms with E-state index in [2.05, 4.69) is 27.0 Å². The van der Waals surface area contributed by atoms with Crippen molar-refractivity contribution < 1.29 is 14.6 Å². The number of rotatable bonds is 9. The van der Waals surface area contributed by atoms with Crippen LogP contribution < -0.4 is 5.19 Å². The van der Waals surface area contributed by atoms with Gasteiger partial charge in [-0.3, -0.25) is 4.89 Å². The van der Waals surface area contributed by atoms with Gasteiger partial charge in [0.25, 0.3) is 0 Å². The van der Waals surface area contributed by atoms with Gasteiger partial charge in [0.05, 0.1) is 12.2 Å². The Labute approximate surface area is 128 Å². The average molecular weight is 303 g/mol. The Kier molecular flexibility index (Phi) is 7.12. The van der Waals surface area contributed by atoms with E-state index in [1.165, 1.54) is 5.19 Å². The molecular weight excluding hydrogens is 280 g/mol. The van der Waals surface area contributed by atoms with E-state index >= 15 is 0 Å². The summed E-state index contributed by atoms with van der Waals surface area (Å²) in [6.07, 6.45) is 1.51. The third-order valence-corrected chi connectivity index (χ3v) is 7.62. The van der Waals surface area contributed by atoms with Crippen LogP contribution in [0, 0.1) is 6.92 Å². The lowest BCUT2D eigenvalue weighted by atomic mass is 10.2. The second kappa shape index (κ2) is 8.59. The highest BCUT2D eigenvalue weighted by molar-refractivity contribution is 6.99. The van der Waals surface area contributed by atoms with Crippen molar-refractivity contribution in [2.75, 3.05) is 6.61 Å². The van der Waals surface area contributed by atoms with Gasteiger partial charge in [0.15, 0.2) is 0 Å². The highest BCUT2D eigenvalue weighted by atomic mass is 28.3. The Hall–Kier alpha value is -1.65. The molecule has 0 aliphatic carbocycles. The predicted octanol–water partition coefficient (Wildman–Crippen LogP) is 3.52. The Morgan fingerprint density at radius 1 is 1.24 bits per heavy atom. The minimum atomic E-state index is -1.85. The summed E-state index contributed by atoms with van der Waals surface area (Å²) in [5, 5.41) is 1.18. The molecule has 0 spiro atoms. The van der Waals surface area contributed by atoms with Crippen LogP contribution in [0.15, 0.2) is 48.8 Å². The van der Waals surface area contributed by atoms with Gasteiger partial charge in [-0.2, -0.15) is 4.89 Å². The van der Waals surface area contributed by atoms with Gasteiger partial charge in [0.2, 0.25) is 0 Å². The van der Waals surface area contributed by atoms with Gasteiger partial charge in [-0.05, 0) is 24.6 Å². The number of carbonyl (C=O) groups excluding carboxylic acids is 1. The maximum Gasteiger partial charge on any atom is 0.373 e. The van der Waals surface area contributed by atoms with Gasteiger partial charge < -0.3 is 0 Å². The zero-order valence-corrected chi connectivity index (χ0v) is 13.6. The summed E-state index contributed by atoms with van der Waals surface area (Å²) in [5.74, 6) is -0.480. The van der Waals surface area contributed by atoms with E-state index < -0.39 is 14.0 Å². The summed E-state index contributed by atoms with van der Waals surface area (Å²) in [6.45, 7) is 14.1. The van der Waals surface area contributed by atoms with Crippen molar-refractivity contribution in [3.63, 3.8) is 0 Å². The Balaban J connectivity index is 2.75. The SMILES string of the molecule is [CH2]CCCOOC(=O)c1ccc([Si](C=C)(C=C)CC)cc1. The first-order valence-corrected chi connectivity index (χ1v) is 9.50. The van der Waals surface area contributed by atoms with Gasteiger partial charge in [-0.25, -0.2) is 4.79 Å². The van der Waals surface area contributed by atoms with Crippen molar-refractivity contribution in [3.8, 4) is 0 Å². The minimum Gasteiger partial charge on any atom is -0.293 e. The number of unbranched alkanes of at least 4 members (excludes halogenated alkanes) is 1. The molecule has 0 saturated carbocycles. The molecule has 1 aromatic carbocycles. The molecule has 0 atom stereocenters. The average Bonchev–Trinajstić information content (AvgIpc) is 2.54. The molecular formula is C17H23O3Si. The summed E-state index contributed by atoms with van der Waals surface area (Å²) in [7, 11) is -1.85. The zero-order valence-electron chi connectivity index (χ0n) is 12.6. The normalized spacial score (nSPS) is 11.0. The standard InChI is InChI=1S/C17H23O3Si/c1-5-9-14-19-20-17(18)15-10-12-16(13-11-15)21(6-2,7-3)8-4/h6-7,10-13H,1-3,5,8-9,14H2,4H3. The number of benzene rings is 1. The summed E-state index contributed by atoms with van der Waals surface area (Å²) in [5.41, 5.74) is 4.49. The summed E-state index contributed by atoms with van der Waals surface area (Å²) in [4.78, 5) is 21.4. The third-order valence-electron chi connectivity index (χ3n) is 3.58. The molecule has 1 radical (unpaired) electrons. The zero-order chi connectivity index (χ0) is 15.7. The molecule has 0 heterocycles. The first kappa shape index (κ1) is 17.4. The largest absolute Gasteiger partial charge is 0.373 e. The summed E-state index contributed by atoms with van der Waals surface area (Å²) < 4.78 is 0. The van der Waals surface area contributed by atoms with Crippen LogP contribution in [-0.2, 0) is 9.78 Å². The second-order valence-corrected chi connectivity index (χ2v) is 8.96. The van der Waals surface area contributed by atoms with Crippen molar-refractivity contribution in [2.24, 2.45) is 0 Å². The third kappa shape index (κ3) is 4.41. The maximum absolute atomic E-state index is 11.8. The highest BCUT2D eigenvalue weighted by Crippen LogP contribution is 2.13. The molecule has 0 aromatic heterocycles. The molecule has 0 aliphatic rings. The fraction of sp³-hybridized carbons (Fsp3) is 0.294. The first-order chi connectivity index (χ1) is 10.1. The van der Waals surface area contributed by atoms with Gasteiger partial charge in [0, 0.05) is 0 Å². The number of hydrogen-bond acceptors (Lipinski definition) is 3. The molecule has 0 bridgehead atoms. The van der Waals surface area contributed by atoms with Crippen LogP contribution in [-0.4, -0.2) is 20.7 Å². The molecule has 0 saturated heterocycles. The van der Waals surface area contributed by atoms with Crippen molar-refractivity contribution in [3.05, 3.63) is 61.3 Å². The molecule has 1 rings (SSSR count). The molecule has 0 amide bonds. The molecule has 4 heteroatoms. The molecule has 0 aliphatic heterocycles. The Bertz CT molecular complexity index is 471. The molecule has 21 heavy (non-hydrogen) atoms. The predicted molar refractivity (Wildman–Crippen MR) is 88.7 cm³/mol. The van der Waals surface area contributed by atoms with Crippen molar-refractivity contribution in [2.45, 2.75) is 25.8 Å². The Morgan fingerprint density at radius 2 is 1.86 bits per heavy atom. The van der Waals surface area contributed by atoms with Crippen LogP contribution in [0.4, 0.5) is 0 Å². The lowest BCUT2D eigenvalue weighted by molar-refractivity contribution is -0.241. The first-order valence-electron chi connectivity index (χ1n) is 7.14. The lowest BCUT2D eigenvalue weighted by Crippen LogP contribution is -2.43. The molecule has 113 valence electrons. The van der Waals surface area contributed by atoms with Crippen LogP contribution >= 0.6 is 0 Å². The van der Waals surface area contributed by atoms with Crippen LogP contribution in [0.5, 0.6) is 0 Å². The summed E-state index contributed by atoms with van der Waals surface area (Å²) >= 11 is 0. The molecule has 3 nitrogen and oxygen atoms in total. The monoisotopic (exact) mass is 303 g/mol. The van der Waals surface area contributed by atoms with Crippen LogP contribution in [0.1, 0.15) is 30.1 Å². The lowest BCUT2D eigenvalue weighted by Gasteiger charge is -2.23. The molecule has 0 N–H and O–H groups in total. The van der Waals surface area contributed by atoms with E-state index in [0.717, 1.165) is 18.9 Å². The van der Waals surface area contributed by atoms with E-state index in [1.807, 2.05) is 23.5 Å². The molecule has 0 unspecified atom stereocenters. The van der Waals surface area contributed by atoms with Crippen LogP contribution in [0.3, 0.4) is 0 Å². The van der Waals surface area contributed by atoms with Crippen molar-refractivity contribution >= 4 is 19.2 Å². The van der Waals surface area contributed by atoms with E-state index in [1.54, 1.807) is 12.1 Å². The van der Waals surface area contributed by atoms with Crippen LogP contribution in [0.25, 0.3) is 0 Å². The van der Waals surface area contributed by atoms with Crippen LogP contribution in [0.2, 0.25) is 6.04 Å². The highest BCUT2D eigenvalue weighted by Gasteiger charge is 2.26. The second-order valence-electron chi connectivity index (χ2n) is 4.78. The van der Waals surface area contributed by atoms with E-state index in [9.17, 15) is 4.79 Å². The Morgan fingerprint density at radius 3 is 2.33 bits per heavy atom. The van der Waals surface area contributed by atoms with Gasteiger partial charge in [-0.1, -0.05) is 49.0 Å². The van der Waals surface area contributed by atoms with Crippen molar-refractivity contribution in [1.82, 2.24) is 0 Å². The molecule has 0 fully saturated rings. The topological polar surface area (TPSA) is 35.5 Å². The number of carbonyl (C=O) groups is 1. The minimum absolute atomic E-state index is 0.367. The van der Waals surface area contributed by atoms with Gasteiger partial charge in [-0.15, -0.1) is 13.2 Å². The van der Waals surface area contributed by atoms with E-state index in [-0.39, 0.29) is 0 Å². The quantitative estimate of drug-likeness (QED) is 0.303. The smallest absolute Gasteiger partial charge is 0.293 e. The van der Waals surface area contributed by atoms with Gasteiger partial charge >= 0.3 is 5.97 Å². The van der Waals surface area contributed by atoms with E-state index in [0.29, 0.717) is 12.2 Å². The van der Waals surface area contributed by atoms with Gasteiger partial charge in [0.1, 0.15) is 8.07 Å². The molecule has 1 aromatic rings. The fourth-order valence-corrected chi connectivity index (χ4v) is 4.44. The number of hydrogen-bond donors (Lipinski definition) is 0. The summed E-state index contributed by atoms with van der Waals surface area (Å²) in [6, 6.07) is 8.41. The maximum atomic E-state index is 11.8. The van der Waals surface area contributed by atoms with Crippen molar-refractivity contribution in [1.29, 1.82) is 0 Å².